The minimum Gasteiger partial charge on any atom is -0.396 e. The first kappa shape index (κ1) is 15.9. The van der Waals surface area contributed by atoms with Crippen LogP contribution in [0.15, 0.2) is 0 Å². The van der Waals surface area contributed by atoms with E-state index in [0.717, 1.165) is 32.1 Å². The molecule has 1 fully saturated rings. The zero-order chi connectivity index (χ0) is 13.2. The van der Waals surface area contributed by atoms with Crippen molar-refractivity contribution in [2.75, 3.05) is 32.9 Å². The summed E-state index contributed by atoms with van der Waals surface area (Å²) < 4.78 is 5.39. The zero-order valence-corrected chi connectivity index (χ0v) is 12.2. The predicted octanol–water partition coefficient (Wildman–Crippen LogP) is 2.68. The van der Waals surface area contributed by atoms with Crippen LogP contribution in [0.4, 0.5) is 0 Å². The fourth-order valence-corrected chi connectivity index (χ4v) is 2.68. The van der Waals surface area contributed by atoms with Gasteiger partial charge in [-0.15, -0.1) is 0 Å². The summed E-state index contributed by atoms with van der Waals surface area (Å²) in [6, 6.07) is 0.597. The SMILES string of the molecule is CC(C)N(CCCO)CCCCC1CCOCC1. The molecule has 3 heteroatoms. The lowest BCUT2D eigenvalue weighted by atomic mass is 9.94. The molecule has 18 heavy (non-hydrogen) atoms. The summed E-state index contributed by atoms with van der Waals surface area (Å²) in [6.07, 6.45) is 7.43. The Labute approximate surface area is 113 Å². The van der Waals surface area contributed by atoms with E-state index < -0.39 is 0 Å². The van der Waals surface area contributed by atoms with E-state index in [2.05, 4.69) is 18.7 Å². The Morgan fingerprint density at radius 1 is 1.11 bits per heavy atom. The molecule has 1 rings (SSSR count). The highest BCUT2D eigenvalue weighted by Crippen LogP contribution is 2.20. The van der Waals surface area contributed by atoms with Gasteiger partial charge in [0.15, 0.2) is 0 Å². The molecule has 1 N–H and O–H groups in total. The van der Waals surface area contributed by atoms with Gasteiger partial charge in [0, 0.05) is 32.4 Å². The Morgan fingerprint density at radius 2 is 1.78 bits per heavy atom. The third-order valence-electron chi connectivity index (χ3n) is 3.98. The zero-order valence-electron chi connectivity index (χ0n) is 12.2. The Kier molecular flexibility index (Phi) is 8.64. The third kappa shape index (κ3) is 6.72. The minimum absolute atomic E-state index is 0.311. The first-order valence-corrected chi connectivity index (χ1v) is 7.66. The number of ether oxygens (including phenoxy) is 1. The second-order valence-electron chi connectivity index (χ2n) is 5.76. The van der Waals surface area contributed by atoms with E-state index in [9.17, 15) is 0 Å². The van der Waals surface area contributed by atoms with Crippen molar-refractivity contribution in [1.29, 1.82) is 0 Å². The van der Waals surface area contributed by atoms with Crippen LogP contribution in [0.3, 0.4) is 0 Å². The lowest BCUT2D eigenvalue weighted by molar-refractivity contribution is 0.0627. The van der Waals surface area contributed by atoms with Crippen LogP contribution in [0.5, 0.6) is 0 Å². The molecular formula is C15H31NO2. The lowest BCUT2D eigenvalue weighted by Crippen LogP contribution is -2.33. The Hall–Kier alpha value is -0.120. The molecule has 0 aromatic carbocycles. The average Bonchev–Trinajstić information content (AvgIpc) is 2.38. The molecule has 1 aliphatic rings. The van der Waals surface area contributed by atoms with E-state index in [0.29, 0.717) is 12.6 Å². The largest absolute Gasteiger partial charge is 0.396 e. The summed E-state index contributed by atoms with van der Waals surface area (Å²) in [5, 5.41) is 8.90. The molecule has 0 bridgehead atoms. The van der Waals surface area contributed by atoms with Crippen LogP contribution in [0.2, 0.25) is 0 Å². The van der Waals surface area contributed by atoms with E-state index in [-0.39, 0.29) is 0 Å². The molecule has 3 nitrogen and oxygen atoms in total. The van der Waals surface area contributed by atoms with Gasteiger partial charge in [0.25, 0.3) is 0 Å². The molecule has 1 saturated heterocycles. The first-order chi connectivity index (χ1) is 8.74. The van der Waals surface area contributed by atoms with Crippen LogP contribution in [0, 0.1) is 5.92 Å². The second kappa shape index (κ2) is 9.76. The van der Waals surface area contributed by atoms with Gasteiger partial charge in [-0.3, -0.25) is 0 Å². The Bertz CT molecular complexity index is 191. The van der Waals surface area contributed by atoms with Crippen LogP contribution in [-0.2, 0) is 4.74 Å². The molecule has 0 amide bonds. The van der Waals surface area contributed by atoms with Crippen LogP contribution in [-0.4, -0.2) is 49.0 Å². The molecule has 0 aliphatic carbocycles. The van der Waals surface area contributed by atoms with Crippen molar-refractivity contribution in [3.8, 4) is 0 Å². The van der Waals surface area contributed by atoms with E-state index in [1.165, 1.54) is 38.6 Å². The van der Waals surface area contributed by atoms with Gasteiger partial charge >= 0.3 is 0 Å². The Balaban J connectivity index is 2.06. The maximum Gasteiger partial charge on any atom is 0.0468 e. The molecule has 0 atom stereocenters. The molecule has 108 valence electrons. The molecule has 1 aliphatic heterocycles. The minimum atomic E-state index is 0.311. The first-order valence-electron chi connectivity index (χ1n) is 7.66. The van der Waals surface area contributed by atoms with Crippen LogP contribution >= 0.6 is 0 Å². The maximum atomic E-state index is 8.90. The maximum absolute atomic E-state index is 8.90. The summed E-state index contributed by atoms with van der Waals surface area (Å²) in [7, 11) is 0. The standard InChI is InChI=1S/C15H31NO2/c1-14(2)16(10-5-11-17)9-4-3-6-15-7-12-18-13-8-15/h14-15,17H,3-13H2,1-2H3. The summed E-state index contributed by atoms with van der Waals surface area (Å²) in [5.41, 5.74) is 0. The highest BCUT2D eigenvalue weighted by atomic mass is 16.5. The highest BCUT2D eigenvalue weighted by molar-refractivity contribution is 4.66. The molecule has 1 heterocycles. The molecule has 0 unspecified atom stereocenters. The fourth-order valence-electron chi connectivity index (χ4n) is 2.68. The summed E-state index contributed by atoms with van der Waals surface area (Å²) in [5.74, 6) is 0.906. The van der Waals surface area contributed by atoms with Gasteiger partial charge in [-0.1, -0.05) is 12.8 Å². The number of unbranched alkanes of at least 4 members (excludes halogenated alkanes) is 1. The number of aliphatic hydroxyl groups excluding tert-OH is 1. The van der Waals surface area contributed by atoms with Gasteiger partial charge < -0.3 is 14.7 Å². The second-order valence-corrected chi connectivity index (χ2v) is 5.76. The van der Waals surface area contributed by atoms with Crippen molar-refractivity contribution in [2.45, 2.75) is 58.4 Å². The third-order valence-corrected chi connectivity index (χ3v) is 3.98. The van der Waals surface area contributed by atoms with Crippen molar-refractivity contribution < 1.29 is 9.84 Å². The molecular weight excluding hydrogens is 226 g/mol. The monoisotopic (exact) mass is 257 g/mol. The predicted molar refractivity (Wildman–Crippen MR) is 75.8 cm³/mol. The summed E-state index contributed by atoms with van der Waals surface area (Å²) in [4.78, 5) is 2.49. The summed E-state index contributed by atoms with van der Waals surface area (Å²) >= 11 is 0. The Morgan fingerprint density at radius 3 is 2.39 bits per heavy atom. The van der Waals surface area contributed by atoms with E-state index in [1.54, 1.807) is 0 Å². The van der Waals surface area contributed by atoms with Crippen molar-refractivity contribution >= 4 is 0 Å². The lowest BCUT2D eigenvalue weighted by Gasteiger charge is -2.27. The van der Waals surface area contributed by atoms with Gasteiger partial charge in [-0.25, -0.2) is 0 Å². The number of nitrogens with zero attached hydrogens (tertiary/aromatic N) is 1. The van der Waals surface area contributed by atoms with Crippen LogP contribution in [0.25, 0.3) is 0 Å². The average molecular weight is 257 g/mol. The van der Waals surface area contributed by atoms with Crippen molar-refractivity contribution in [2.24, 2.45) is 5.92 Å². The normalized spacial score (nSPS) is 17.8. The summed E-state index contributed by atoms with van der Waals surface area (Å²) in [6.45, 7) is 8.96. The van der Waals surface area contributed by atoms with Gasteiger partial charge in [-0.2, -0.15) is 0 Å². The number of hydrogen-bond donors (Lipinski definition) is 1. The highest BCUT2D eigenvalue weighted by Gasteiger charge is 2.14. The van der Waals surface area contributed by atoms with E-state index >= 15 is 0 Å². The van der Waals surface area contributed by atoms with Crippen molar-refractivity contribution in [3.63, 3.8) is 0 Å². The molecule has 0 spiro atoms. The van der Waals surface area contributed by atoms with Crippen molar-refractivity contribution in [1.82, 2.24) is 4.90 Å². The van der Waals surface area contributed by atoms with Gasteiger partial charge in [0.2, 0.25) is 0 Å². The molecule has 0 aromatic heterocycles. The molecule has 0 saturated carbocycles. The van der Waals surface area contributed by atoms with Gasteiger partial charge in [0.1, 0.15) is 0 Å². The number of aliphatic hydroxyl groups is 1. The molecule has 0 aromatic rings. The van der Waals surface area contributed by atoms with Crippen LogP contribution in [0.1, 0.15) is 52.4 Å². The van der Waals surface area contributed by atoms with E-state index in [1.807, 2.05) is 0 Å². The van der Waals surface area contributed by atoms with Gasteiger partial charge in [-0.05, 0) is 52.0 Å². The number of rotatable bonds is 9. The topological polar surface area (TPSA) is 32.7 Å². The quantitative estimate of drug-likeness (QED) is 0.645. The fraction of sp³-hybridized carbons (Fsp3) is 1.00. The number of hydrogen-bond acceptors (Lipinski definition) is 3. The van der Waals surface area contributed by atoms with Crippen molar-refractivity contribution in [3.05, 3.63) is 0 Å². The van der Waals surface area contributed by atoms with Gasteiger partial charge in [0.05, 0.1) is 0 Å². The van der Waals surface area contributed by atoms with E-state index in [4.69, 9.17) is 9.84 Å². The van der Waals surface area contributed by atoms with Crippen LogP contribution < -0.4 is 0 Å². The molecule has 0 radical (unpaired) electrons. The smallest absolute Gasteiger partial charge is 0.0468 e.